The predicted octanol–water partition coefficient (Wildman–Crippen LogP) is 3.77. The Balaban J connectivity index is 1.90. The highest BCUT2D eigenvalue weighted by molar-refractivity contribution is 6.30. The predicted molar refractivity (Wildman–Crippen MR) is 77.8 cm³/mol. The van der Waals surface area contributed by atoms with Crippen molar-refractivity contribution in [3.05, 3.63) is 64.4 Å². The second kappa shape index (κ2) is 6.73. The molecule has 1 atom stereocenters. The van der Waals surface area contributed by atoms with E-state index in [-0.39, 0.29) is 12.4 Å². The molecule has 0 fully saturated rings. The van der Waals surface area contributed by atoms with Crippen LogP contribution in [0.15, 0.2) is 42.5 Å². The third-order valence-corrected chi connectivity index (χ3v) is 3.23. The second-order valence-corrected chi connectivity index (χ2v) is 5.13. The summed E-state index contributed by atoms with van der Waals surface area (Å²) in [6.07, 6.45) is -0.231. The van der Waals surface area contributed by atoms with Crippen LogP contribution in [0.1, 0.15) is 11.1 Å². The van der Waals surface area contributed by atoms with Crippen LogP contribution in [0, 0.1) is 12.7 Å². The van der Waals surface area contributed by atoms with Gasteiger partial charge in [-0.2, -0.15) is 0 Å². The minimum Gasteiger partial charge on any atom is -0.491 e. The monoisotopic (exact) mass is 294 g/mol. The van der Waals surface area contributed by atoms with Gasteiger partial charge in [0.15, 0.2) is 0 Å². The van der Waals surface area contributed by atoms with Gasteiger partial charge in [-0.1, -0.05) is 23.7 Å². The van der Waals surface area contributed by atoms with Gasteiger partial charge in [0.1, 0.15) is 18.2 Å². The first kappa shape index (κ1) is 14.8. The van der Waals surface area contributed by atoms with Crippen molar-refractivity contribution in [1.82, 2.24) is 0 Å². The molecule has 0 aromatic heterocycles. The van der Waals surface area contributed by atoms with E-state index >= 15 is 0 Å². The Kier molecular flexibility index (Phi) is 4.99. The largest absolute Gasteiger partial charge is 0.491 e. The van der Waals surface area contributed by atoms with Crippen molar-refractivity contribution >= 4 is 11.6 Å². The molecule has 0 spiro atoms. The molecular weight excluding hydrogens is 279 g/mol. The Labute approximate surface area is 122 Å². The van der Waals surface area contributed by atoms with Crippen LogP contribution in [0.3, 0.4) is 0 Å². The van der Waals surface area contributed by atoms with Crippen LogP contribution in [-0.2, 0) is 6.42 Å². The summed E-state index contributed by atoms with van der Waals surface area (Å²) < 4.78 is 18.5. The van der Waals surface area contributed by atoms with Crippen molar-refractivity contribution < 1.29 is 14.2 Å². The summed E-state index contributed by atoms with van der Waals surface area (Å²) in [6.45, 7) is 1.99. The van der Waals surface area contributed by atoms with E-state index in [4.69, 9.17) is 16.3 Å². The second-order valence-electron chi connectivity index (χ2n) is 4.70. The van der Waals surface area contributed by atoms with Gasteiger partial charge in [-0.05, 0) is 48.4 Å². The van der Waals surface area contributed by atoms with Crippen molar-refractivity contribution in [1.29, 1.82) is 0 Å². The van der Waals surface area contributed by atoms with E-state index in [0.29, 0.717) is 17.2 Å². The molecule has 2 aromatic carbocycles. The molecule has 4 heteroatoms. The zero-order chi connectivity index (χ0) is 14.5. The number of ether oxygens (including phenoxy) is 1. The molecule has 0 amide bonds. The van der Waals surface area contributed by atoms with Crippen LogP contribution in [0.2, 0.25) is 5.02 Å². The molecule has 1 unspecified atom stereocenters. The highest BCUT2D eigenvalue weighted by Gasteiger charge is 2.09. The fourth-order valence-corrected chi connectivity index (χ4v) is 2.13. The maximum Gasteiger partial charge on any atom is 0.123 e. The molecule has 0 radical (unpaired) electrons. The molecule has 0 aliphatic heterocycles. The summed E-state index contributed by atoms with van der Waals surface area (Å²) in [6, 6.07) is 11.6. The SMILES string of the molecule is Cc1cc(F)ccc1CC(O)COc1cccc(Cl)c1. The molecule has 1 N–H and O–H groups in total. The molecule has 0 saturated heterocycles. The lowest BCUT2D eigenvalue weighted by molar-refractivity contribution is 0.107. The van der Waals surface area contributed by atoms with E-state index in [0.717, 1.165) is 11.1 Å². The van der Waals surface area contributed by atoms with Crippen LogP contribution in [0.4, 0.5) is 4.39 Å². The number of aliphatic hydroxyl groups excluding tert-OH is 1. The van der Waals surface area contributed by atoms with Gasteiger partial charge in [0.05, 0.1) is 6.10 Å². The molecule has 0 aliphatic carbocycles. The number of benzene rings is 2. The quantitative estimate of drug-likeness (QED) is 0.909. The van der Waals surface area contributed by atoms with E-state index in [1.54, 1.807) is 30.3 Å². The maximum atomic E-state index is 13.0. The fraction of sp³-hybridized carbons (Fsp3) is 0.250. The summed E-state index contributed by atoms with van der Waals surface area (Å²) in [4.78, 5) is 0. The Morgan fingerprint density at radius 1 is 1.25 bits per heavy atom. The molecule has 0 aliphatic rings. The molecule has 2 rings (SSSR count). The minimum absolute atomic E-state index is 0.164. The Morgan fingerprint density at radius 2 is 2.05 bits per heavy atom. The van der Waals surface area contributed by atoms with Gasteiger partial charge in [-0.15, -0.1) is 0 Å². The van der Waals surface area contributed by atoms with Crippen LogP contribution >= 0.6 is 11.6 Å². The minimum atomic E-state index is -0.654. The maximum absolute atomic E-state index is 13.0. The number of aliphatic hydroxyl groups is 1. The first-order valence-electron chi connectivity index (χ1n) is 6.36. The molecule has 2 aromatic rings. The Bertz CT molecular complexity index is 586. The topological polar surface area (TPSA) is 29.5 Å². The molecule has 0 heterocycles. The van der Waals surface area contributed by atoms with E-state index in [1.807, 2.05) is 6.92 Å². The van der Waals surface area contributed by atoms with Gasteiger partial charge in [0, 0.05) is 11.4 Å². The average Bonchev–Trinajstić information content (AvgIpc) is 2.40. The van der Waals surface area contributed by atoms with Crippen molar-refractivity contribution in [2.45, 2.75) is 19.4 Å². The molecule has 106 valence electrons. The van der Waals surface area contributed by atoms with Crippen molar-refractivity contribution in [3.8, 4) is 5.75 Å². The standard InChI is InChI=1S/C16H16ClFO2/c1-11-7-14(18)6-5-12(11)8-15(19)10-20-16-4-2-3-13(17)9-16/h2-7,9,15,19H,8,10H2,1H3. The molecule has 0 saturated carbocycles. The number of aryl methyl sites for hydroxylation is 1. The molecule has 20 heavy (non-hydrogen) atoms. The highest BCUT2D eigenvalue weighted by Crippen LogP contribution is 2.18. The zero-order valence-corrected chi connectivity index (χ0v) is 11.9. The van der Waals surface area contributed by atoms with Crippen LogP contribution in [0.25, 0.3) is 0 Å². The number of hydrogen-bond acceptors (Lipinski definition) is 2. The van der Waals surface area contributed by atoms with E-state index in [2.05, 4.69) is 0 Å². The fourth-order valence-electron chi connectivity index (χ4n) is 1.95. The molecule has 0 bridgehead atoms. The van der Waals surface area contributed by atoms with Crippen LogP contribution in [0.5, 0.6) is 5.75 Å². The van der Waals surface area contributed by atoms with Crippen LogP contribution < -0.4 is 4.74 Å². The van der Waals surface area contributed by atoms with Gasteiger partial charge in [-0.25, -0.2) is 4.39 Å². The summed E-state index contributed by atoms with van der Waals surface area (Å²) in [7, 11) is 0. The highest BCUT2D eigenvalue weighted by atomic mass is 35.5. The lowest BCUT2D eigenvalue weighted by atomic mass is 10.0. The van der Waals surface area contributed by atoms with Gasteiger partial charge in [0.25, 0.3) is 0 Å². The molecular formula is C16H16ClFO2. The first-order chi connectivity index (χ1) is 9.54. The van der Waals surface area contributed by atoms with Crippen LogP contribution in [-0.4, -0.2) is 17.8 Å². The van der Waals surface area contributed by atoms with Crippen molar-refractivity contribution in [2.75, 3.05) is 6.61 Å². The lowest BCUT2D eigenvalue weighted by Gasteiger charge is -2.14. The van der Waals surface area contributed by atoms with Gasteiger partial charge >= 0.3 is 0 Å². The first-order valence-corrected chi connectivity index (χ1v) is 6.74. The van der Waals surface area contributed by atoms with Gasteiger partial charge < -0.3 is 9.84 Å². The van der Waals surface area contributed by atoms with Crippen molar-refractivity contribution in [3.63, 3.8) is 0 Å². The summed E-state index contributed by atoms with van der Waals surface area (Å²) >= 11 is 5.85. The summed E-state index contributed by atoms with van der Waals surface area (Å²) in [5, 5.41) is 10.6. The van der Waals surface area contributed by atoms with E-state index < -0.39 is 6.10 Å². The number of rotatable bonds is 5. The average molecular weight is 295 g/mol. The van der Waals surface area contributed by atoms with Gasteiger partial charge in [0.2, 0.25) is 0 Å². The van der Waals surface area contributed by atoms with Crippen molar-refractivity contribution in [2.24, 2.45) is 0 Å². The number of hydrogen-bond donors (Lipinski definition) is 1. The zero-order valence-electron chi connectivity index (χ0n) is 11.1. The van der Waals surface area contributed by atoms with Gasteiger partial charge in [-0.3, -0.25) is 0 Å². The summed E-state index contributed by atoms with van der Waals surface area (Å²) in [5.74, 6) is 0.350. The normalized spacial score (nSPS) is 12.2. The smallest absolute Gasteiger partial charge is 0.123 e. The number of halogens is 2. The third-order valence-electron chi connectivity index (χ3n) is 3.00. The van der Waals surface area contributed by atoms with E-state index in [9.17, 15) is 9.50 Å². The Hall–Kier alpha value is -1.58. The Morgan fingerprint density at radius 3 is 2.75 bits per heavy atom. The summed E-state index contributed by atoms with van der Waals surface area (Å²) in [5.41, 5.74) is 1.74. The third kappa shape index (κ3) is 4.22. The van der Waals surface area contributed by atoms with E-state index in [1.165, 1.54) is 12.1 Å². The lowest BCUT2D eigenvalue weighted by Crippen LogP contribution is -2.20. The molecule has 2 nitrogen and oxygen atoms in total.